The van der Waals surface area contributed by atoms with Crippen molar-refractivity contribution in [1.82, 2.24) is 19.9 Å². The predicted octanol–water partition coefficient (Wildman–Crippen LogP) is 5.69. The Morgan fingerprint density at radius 1 is 0.970 bits per heavy atom. The van der Waals surface area contributed by atoms with E-state index in [0.717, 1.165) is 29.9 Å². The van der Waals surface area contributed by atoms with Gasteiger partial charge in [-0.2, -0.15) is 15.0 Å². The molecule has 1 saturated carbocycles. The predicted molar refractivity (Wildman–Crippen MR) is 130 cm³/mol. The first-order valence-corrected chi connectivity index (χ1v) is 11.7. The number of hydrogen-bond donors (Lipinski definition) is 2. The zero-order valence-electron chi connectivity index (χ0n) is 19.0. The molecule has 33 heavy (non-hydrogen) atoms. The van der Waals surface area contributed by atoms with Gasteiger partial charge in [0.25, 0.3) is 0 Å². The molecule has 0 unspecified atom stereocenters. The van der Waals surface area contributed by atoms with Gasteiger partial charge in [0.15, 0.2) is 0 Å². The smallest absolute Gasteiger partial charge is 0.323 e. The Balaban J connectivity index is 1.55. The highest BCUT2D eigenvalue weighted by Gasteiger charge is 2.16. The summed E-state index contributed by atoms with van der Waals surface area (Å²) in [6.07, 6.45) is 7.18. The summed E-state index contributed by atoms with van der Waals surface area (Å²) in [6.45, 7) is 2.21. The summed E-state index contributed by atoms with van der Waals surface area (Å²) < 4.78 is 11.1. The second kappa shape index (κ2) is 11.1. The molecule has 1 aliphatic rings. The highest BCUT2D eigenvalue weighted by Crippen LogP contribution is 2.29. The molecule has 1 aromatic carbocycles. The molecule has 0 atom stereocenters. The number of benzene rings is 1. The molecule has 2 aromatic heterocycles. The zero-order valence-corrected chi connectivity index (χ0v) is 19.7. The lowest BCUT2D eigenvalue weighted by molar-refractivity contribution is 0.276. The Morgan fingerprint density at radius 3 is 2.48 bits per heavy atom. The molecule has 0 radical (unpaired) electrons. The Morgan fingerprint density at radius 2 is 1.76 bits per heavy atom. The van der Waals surface area contributed by atoms with Crippen LogP contribution in [0.3, 0.4) is 0 Å². The normalized spacial score (nSPS) is 14.4. The molecule has 1 aliphatic carbocycles. The highest BCUT2D eigenvalue weighted by atomic mass is 35.5. The summed E-state index contributed by atoms with van der Waals surface area (Å²) in [5.74, 6) is 1.46. The van der Waals surface area contributed by atoms with Gasteiger partial charge in [-0.15, -0.1) is 0 Å². The number of anilines is 3. The van der Waals surface area contributed by atoms with E-state index in [1.807, 2.05) is 31.2 Å². The van der Waals surface area contributed by atoms with Gasteiger partial charge in [-0.25, -0.2) is 0 Å². The van der Waals surface area contributed by atoms with Gasteiger partial charge in [-0.05, 0) is 50.1 Å². The lowest BCUT2D eigenvalue weighted by Crippen LogP contribution is -2.21. The number of methoxy groups -OCH3 is 1. The molecule has 3 aromatic rings. The summed E-state index contributed by atoms with van der Waals surface area (Å²) in [5, 5.41) is 7.17. The lowest BCUT2D eigenvalue weighted by atomic mass is 10.1. The van der Waals surface area contributed by atoms with Crippen LogP contribution in [0.1, 0.15) is 49.9 Å². The number of ether oxygens (including phenoxy) is 2. The molecule has 1 fully saturated rings. The van der Waals surface area contributed by atoms with Gasteiger partial charge < -0.3 is 20.1 Å². The maximum absolute atomic E-state index is 6.27. The van der Waals surface area contributed by atoms with Crippen LogP contribution in [0.15, 0.2) is 36.4 Å². The number of aromatic nitrogens is 4. The van der Waals surface area contributed by atoms with Gasteiger partial charge in [0.2, 0.25) is 11.9 Å². The maximum atomic E-state index is 6.27. The summed E-state index contributed by atoms with van der Waals surface area (Å²) >= 11 is 6.27. The van der Waals surface area contributed by atoms with Crippen LogP contribution in [0.4, 0.5) is 17.6 Å². The quantitative estimate of drug-likeness (QED) is 0.407. The minimum Gasteiger partial charge on any atom is -0.495 e. The number of nitrogens with one attached hydrogen (secondary N) is 2. The van der Waals surface area contributed by atoms with E-state index in [9.17, 15) is 0 Å². The van der Waals surface area contributed by atoms with Crippen LogP contribution in [0, 0.1) is 6.92 Å². The van der Waals surface area contributed by atoms with Crippen molar-refractivity contribution < 1.29 is 9.47 Å². The third kappa shape index (κ3) is 6.68. The Bertz CT molecular complexity index is 1070. The molecular formula is C24H29ClN6O2. The highest BCUT2D eigenvalue weighted by molar-refractivity contribution is 6.32. The Labute approximate surface area is 199 Å². The molecule has 2 heterocycles. The van der Waals surface area contributed by atoms with Gasteiger partial charge in [-0.1, -0.05) is 43.4 Å². The summed E-state index contributed by atoms with van der Waals surface area (Å²) in [5.41, 5.74) is 2.48. The van der Waals surface area contributed by atoms with Crippen molar-refractivity contribution in [3.05, 3.63) is 52.8 Å². The second-order valence-electron chi connectivity index (χ2n) is 8.13. The van der Waals surface area contributed by atoms with Gasteiger partial charge in [0.05, 0.1) is 17.8 Å². The summed E-state index contributed by atoms with van der Waals surface area (Å²) in [7, 11) is 1.58. The first-order valence-electron chi connectivity index (χ1n) is 11.3. The third-order valence-electron chi connectivity index (χ3n) is 5.51. The van der Waals surface area contributed by atoms with E-state index >= 15 is 0 Å². The van der Waals surface area contributed by atoms with Crippen LogP contribution in [0.5, 0.6) is 11.8 Å². The fraction of sp³-hybridized carbons (Fsp3) is 0.417. The van der Waals surface area contributed by atoms with Crippen molar-refractivity contribution in [1.29, 1.82) is 0 Å². The summed E-state index contributed by atoms with van der Waals surface area (Å²) in [4.78, 5) is 18.0. The molecule has 2 N–H and O–H groups in total. The number of hydrogen-bond acceptors (Lipinski definition) is 8. The molecule has 0 amide bonds. The Kier molecular flexibility index (Phi) is 7.78. The van der Waals surface area contributed by atoms with E-state index in [-0.39, 0.29) is 12.6 Å². The minimum absolute atomic E-state index is 0.228. The van der Waals surface area contributed by atoms with Gasteiger partial charge in [0.1, 0.15) is 12.4 Å². The van der Waals surface area contributed by atoms with Crippen molar-refractivity contribution in [2.45, 2.75) is 58.1 Å². The first-order chi connectivity index (χ1) is 16.1. The fourth-order valence-electron chi connectivity index (χ4n) is 3.84. The molecule has 0 aliphatic heterocycles. The number of halogens is 1. The number of pyridine rings is 1. The molecule has 0 spiro atoms. The SMILES string of the molecule is COc1ccc(Nc2nc(NC3CCCCCC3)nc(OCc3cccc(C)n3)n2)cc1Cl. The van der Waals surface area contributed by atoms with Crippen molar-refractivity contribution in [3.8, 4) is 11.8 Å². The number of nitrogens with zero attached hydrogens (tertiary/aromatic N) is 4. The molecule has 8 nitrogen and oxygen atoms in total. The van der Waals surface area contributed by atoms with E-state index < -0.39 is 0 Å². The van der Waals surface area contributed by atoms with Crippen LogP contribution in [0.25, 0.3) is 0 Å². The van der Waals surface area contributed by atoms with Crippen LogP contribution in [-0.4, -0.2) is 33.1 Å². The second-order valence-corrected chi connectivity index (χ2v) is 8.54. The van der Waals surface area contributed by atoms with Gasteiger partial charge >= 0.3 is 6.01 Å². The van der Waals surface area contributed by atoms with Crippen LogP contribution >= 0.6 is 11.6 Å². The topological polar surface area (TPSA) is 94.1 Å². The number of rotatable bonds is 8. The average Bonchev–Trinajstić information content (AvgIpc) is 3.06. The monoisotopic (exact) mass is 468 g/mol. The molecule has 0 bridgehead atoms. The zero-order chi connectivity index (χ0) is 23.0. The molecule has 174 valence electrons. The largest absolute Gasteiger partial charge is 0.495 e. The molecular weight excluding hydrogens is 440 g/mol. The van der Waals surface area contributed by atoms with Crippen molar-refractivity contribution in [2.24, 2.45) is 0 Å². The average molecular weight is 469 g/mol. The number of aryl methyl sites for hydroxylation is 1. The Hall–Kier alpha value is -3.13. The molecule has 9 heteroatoms. The summed E-state index contributed by atoms with van der Waals surface area (Å²) in [6, 6.07) is 11.8. The van der Waals surface area contributed by atoms with E-state index in [0.29, 0.717) is 28.7 Å². The van der Waals surface area contributed by atoms with Crippen molar-refractivity contribution >= 4 is 29.2 Å². The van der Waals surface area contributed by atoms with E-state index in [1.54, 1.807) is 19.2 Å². The standard InChI is InChI=1S/C24H29ClN6O2/c1-16-8-7-11-19(26-16)15-33-24-30-22(27-17-9-5-3-4-6-10-17)29-23(31-24)28-18-12-13-21(32-2)20(25)14-18/h7-8,11-14,17H,3-6,9-10,15H2,1-2H3,(H2,27,28,29,30,31). The molecule has 4 rings (SSSR count). The van der Waals surface area contributed by atoms with Crippen molar-refractivity contribution in [3.63, 3.8) is 0 Å². The maximum Gasteiger partial charge on any atom is 0.323 e. The van der Waals surface area contributed by atoms with Crippen molar-refractivity contribution in [2.75, 3.05) is 17.7 Å². The van der Waals surface area contributed by atoms with E-state index in [2.05, 4.69) is 30.6 Å². The fourth-order valence-corrected chi connectivity index (χ4v) is 4.10. The van der Waals surface area contributed by atoms with Crippen LogP contribution in [0.2, 0.25) is 5.02 Å². The molecule has 0 saturated heterocycles. The lowest BCUT2D eigenvalue weighted by Gasteiger charge is -2.17. The third-order valence-corrected chi connectivity index (χ3v) is 5.80. The van der Waals surface area contributed by atoms with E-state index in [1.165, 1.54) is 25.7 Å². The van der Waals surface area contributed by atoms with E-state index in [4.69, 9.17) is 21.1 Å². The van der Waals surface area contributed by atoms with Gasteiger partial charge in [-0.3, -0.25) is 4.98 Å². The van der Waals surface area contributed by atoms with Gasteiger partial charge in [0, 0.05) is 17.4 Å². The van der Waals surface area contributed by atoms with Crippen LogP contribution < -0.4 is 20.1 Å². The first kappa shape index (κ1) is 23.0. The van der Waals surface area contributed by atoms with Crippen LogP contribution in [-0.2, 0) is 6.61 Å². The minimum atomic E-state index is 0.228.